The molecule has 0 bridgehead atoms. The fourth-order valence-corrected chi connectivity index (χ4v) is 3.77. The molecule has 3 aromatic carbocycles. The number of allylic oxidation sites excluding steroid dienone is 1. The van der Waals surface area contributed by atoms with Crippen molar-refractivity contribution in [2.75, 3.05) is 5.73 Å². The second kappa shape index (κ2) is 9.60. The normalized spacial score (nSPS) is 13.2. The number of carbonyl (C=O) groups is 2. The minimum atomic E-state index is -0.417. The summed E-state index contributed by atoms with van der Waals surface area (Å²) in [6.45, 7) is 0.416. The number of nitrogens with two attached hydrogens (primary N) is 1. The molecule has 0 amide bonds. The molecule has 1 aliphatic rings. The lowest BCUT2D eigenvalue weighted by atomic mass is 9.90. The highest BCUT2D eigenvalue weighted by Gasteiger charge is 2.17. The topological polar surface area (TPSA) is 69.4 Å². The number of nitrogen functional groups attached to an aromatic ring is 1. The predicted octanol–water partition coefficient (Wildman–Crippen LogP) is 5.33. The van der Waals surface area contributed by atoms with Gasteiger partial charge in [0.15, 0.2) is 11.6 Å². The van der Waals surface area contributed by atoms with Gasteiger partial charge in [0.2, 0.25) is 0 Å². The van der Waals surface area contributed by atoms with E-state index in [0.29, 0.717) is 18.6 Å². The minimum Gasteiger partial charge on any atom is -0.489 e. The fraction of sp³-hybridized carbons (Fsp3) is 0.185. The zero-order valence-corrected chi connectivity index (χ0v) is 17.6. The number of ketones is 2. The number of carbonyl (C=O) groups excluding carboxylic acids is 2. The Morgan fingerprint density at radius 1 is 1.03 bits per heavy atom. The highest BCUT2D eigenvalue weighted by Crippen LogP contribution is 2.26. The Kier molecular flexibility index (Phi) is 6.45. The number of Topliss-reactive ketones (excluding diaryl/α,β-unsaturated/α-hetero) is 1. The molecule has 1 aliphatic carbocycles. The molecule has 4 nitrogen and oxygen atoms in total. The third-order valence-corrected chi connectivity index (χ3v) is 5.55. The Hall–Kier alpha value is -3.73. The standard InChI is InChI=1S/C27H24FNO3/c28-22-10-9-21(26(29)16-22)14-23(30)11-8-18-4-6-19(7-5-18)17-32-24-12-13-25-20(15-24)2-1-3-27(25)31/h4-13,15-16H,1-3,14,17,29H2/b11-8+. The molecule has 5 heteroatoms. The molecule has 4 rings (SSSR count). The van der Waals surface area contributed by atoms with E-state index in [4.69, 9.17) is 10.5 Å². The van der Waals surface area contributed by atoms with Crippen LogP contribution in [0.2, 0.25) is 0 Å². The Labute approximate surface area is 186 Å². The van der Waals surface area contributed by atoms with Gasteiger partial charge in [0.25, 0.3) is 0 Å². The number of hydrogen-bond acceptors (Lipinski definition) is 4. The lowest BCUT2D eigenvalue weighted by molar-refractivity contribution is -0.113. The quantitative estimate of drug-likeness (QED) is 0.407. The fourth-order valence-electron chi connectivity index (χ4n) is 3.77. The Balaban J connectivity index is 1.32. The van der Waals surface area contributed by atoms with Gasteiger partial charge in [-0.05, 0) is 71.5 Å². The Bertz CT molecular complexity index is 1180. The molecule has 0 saturated heterocycles. The predicted molar refractivity (Wildman–Crippen MR) is 123 cm³/mol. The van der Waals surface area contributed by atoms with Gasteiger partial charge in [0, 0.05) is 24.1 Å². The number of aryl methyl sites for hydroxylation is 1. The molecule has 0 fully saturated rings. The van der Waals surface area contributed by atoms with Crippen LogP contribution < -0.4 is 10.5 Å². The largest absolute Gasteiger partial charge is 0.489 e. The van der Waals surface area contributed by atoms with Crippen LogP contribution in [-0.4, -0.2) is 11.6 Å². The molecule has 0 spiro atoms. The molecule has 0 atom stereocenters. The van der Waals surface area contributed by atoms with Crippen LogP contribution in [0.1, 0.15) is 45.5 Å². The first-order valence-electron chi connectivity index (χ1n) is 10.6. The molecule has 0 aromatic heterocycles. The van der Waals surface area contributed by atoms with Gasteiger partial charge in [-0.2, -0.15) is 0 Å². The first kappa shape index (κ1) is 21.5. The van der Waals surface area contributed by atoms with E-state index in [1.807, 2.05) is 42.5 Å². The van der Waals surface area contributed by atoms with Gasteiger partial charge in [-0.1, -0.05) is 36.4 Å². The zero-order valence-electron chi connectivity index (χ0n) is 17.6. The maximum atomic E-state index is 13.1. The van der Waals surface area contributed by atoms with E-state index < -0.39 is 5.82 Å². The van der Waals surface area contributed by atoms with Crippen molar-refractivity contribution < 1.29 is 18.7 Å². The first-order chi connectivity index (χ1) is 15.5. The van der Waals surface area contributed by atoms with Crippen LogP contribution in [0.25, 0.3) is 6.08 Å². The average molecular weight is 429 g/mol. The molecule has 0 aliphatic heterocycles. The van der Waals surface area contributed by atoms with E-state index in [9.17, 15) is 14.0 Å². The van der Waals surface area contributed by atoms with Gasteiger partial charge in [-0.3, -0.25) is 9.59 Å². The molecule has 162 valence electrons. The van der Waals surface area contributed by atoms with Crippen LogP contribution in [0.3, 0.4) is 0 Å². The summed E-state index contributed by atoms with van der Waals surface area (Å²) in [5.41, 5.74) is 10.4. The van der Waals surface area contributed by atoms with Crippen LogP contribution in [0.4, 0.5) is 10.1 Å². The van der Waals surface area contributed by atoms with Crippen molar-refractivity contribution >= 4 is 23.3 Å². The molecule has 0 saturated carbocycles. The van der Waals surface area contributed by atoms with Crippen molar-refractivity contribution in [3.63, 3.8) is 0 Å². The molecule has 3 aromatic rings. The van der Waals surface area contributed by atoms with E-state index in [0.717, 1.165) is 40.8 Å². The van der Waals surface area contributed by atoms with Crippen LogP contribution in [0.5, 0.6) is 5.75 Å². The zero-order chi connectivity index (χ0) is 22.5. The molecule has 0 heterocycles. The van der Waals surface area contributed by atoms with Gasteiger partial charge in [0.1, 0.15) is 18.2 Å². The molecule has 0 unspecified atom stereocenters. The number of halogens is 1. The third kappa shape index (κ3) is 5.30. The number of anilines is 1. The Morgan fingerprint density at radius 2 is 1.84 bits per heavy atom. The minimum absolute atomic E-state index is 0.110. The third-order valence-electron chi connectivity index (χ3n) is 5.55. The summed E-state index contributed by atoms with van der Waals surface area (Å²) in [4.78, 5) is 24.1. The maximum absolute atomic E-state index is 13.1. The van der Waals surface area contributed by atoms with E-state index in [-0.39, 0.29) is 23.7 Å². The summed E-state index contributed by atoms with van der Waals surface area (Å²) in [5, 5.41) is 0. The lowest BCUT2D eigenvalue weighted by Gasteiger charge is -2.16. The summed E-state index contributed by atoms with van der Waals surface area (Å²) < 4.78 is 19.0. The number of rotatable bonds is 7. The molecule has 32 heavy (non-hydrogen) atoms. The van der Waals surface area contributed by atoms with Gasteiger partial charge in [-0.25, -0.2) is 4.39 Å². The van der Waals surface area contributed by atoms with Crippen LogP contribution in [0, 0.1) is 5.82 Å². The van der Waals surface area contributed by atoms with E-state index >= 15 is 0 Å². The van der Waals surface area contributed by atoms with Crippen molar-refractivity contribution in [3.8, 4) is 5.75 Å². The number of hydrogen-bond donors (Lipinski definition) is 1. The van der Waals surface area contributed by atoms with Crippen molar-refractivity contribution in [2.45, 2.75) is 32.3 Å². The van der Waals surface area contributed by atoms with Crippen LogP contribution in [-0.2, 0) is 24.2 Å². The summed E-state index contributed by atoms with van der Waals surface area (Å²) in [6.07, 6.45) is 5.80. The van der Waals surface area contributed by atoms with Crippen molar-refractivity contribution in [1.82, 2.24) is 0 Å². The van der Waals surface area contributed by atoms with Crippen molar-refractivity contribution in [2.24, 2.45) is 0 Å². The SMILES string of the molecule is Nc1cc(F)ccc1CC(=O)/C=C/c1ccc(COc2ccc3c(c2)CCCC3=O)cc1. The lowest BCUT2D eigenvalue weighted by Crippen LogP contribution is -2.10. The monoisotopic (exact) mass is 429 g/mol. The summed E-state index contributed by atoms with van der Waals surface area (Å²) in [5.74, 6) is 0.441. The molecule has 2 N–H and O–H groups in total. The highest BCUT2D eigenvalue weighted by atomic mass is 19.1. The number of benzene rings is 3. The van der Waals surface area contributed by atoms with E-state index in [1.165, 1.54) is 24.3 Å². The van der Waals surface area contributed by atoms with E-state index in [2.05, 4.69) is 0 Å². The number of fused-ring (bicyclic) bond motifs is 1. The van der Waals surface area contributed by atoms with Crippen LogP contribution in [0.15, 0.2) is 66.7 Å². The van der Waals surface area contributed by atoms with Crippen LogP contribution >= 0.6 is 0 Å². The maximum Gasteiger partial charge on any atom is 0.163 e. The first-order valence-corrected chi connectivity index (χ1v) is 10.6. The highest BCUT2D eigenvalue weighted by molar-refractivity contribution is 5.98. The smallest absolute Gasteiger partial charge is 0.163 e. The van der Waals surface area contributed by atoms with E-state index in [1.54, 1.807) is 6.08 Å². The second-order valence-electron chi connectivity index (χ2n) is 7.95. The second-order valence-corrected chi connectivity index (χ2v) is 7.95. The van der Waals surface area contributed by atoms with Gasteiger partial charge >= 0.3 is 0 Å². The summed E-state index contributed by atoms with van der Waals surface area (Å²) in [6, 6.07) is 17.4. The van der Waals surface area contributed by atoms with Gasteiger partial charge in [0.05, 0.1) is 0 Å². The van der Waals surface area contributed by atoms with Gasteiger partial charge < -0.3 is 10.5 Å². The number of ether oxygens (including phenoxy) is 1. The molecule has 0 radical (unpaired) electrons. The average Bonchev–Trinajstić information content (AvgIpc) is 2.79. The summed E-state index contributed by atoms with van der Waals surface area (Å²) in [7, 11) is 0. The summed E-state index contributed by atoms with van der Waals surface area (Å²) >= 11 is 0. The van der Waals surface area contributed by atoms with Crippen molar-refractivity contribution in [3.05, 3.63) is 100 Å². The molecular formula is C27H24FNO3. The van der Waals surface area contributed by atoms with Gasteiger partial charge in [-0.15, -0.1) is 0 Å². The molecular weight excluding hydrogens is 405 g/mol. The van der Waals surface area contributed by atoms with Crippen molar-refractivity contribution in [1.29, 1.82) is 0 Å². The Morgan fingerprint density at radius 3 is 2.62 bits per heavy atom.